The second kappa shape index (κ2) is 15.0. The third kappa shape index (κ3) is 12.8. The Morgan fingerprint density at radius 3 is 2.07 bits per heavy atom. The van der Waals surface area contributed by atoms with Gasteiger partial charge in [-0.15, -0.1) is 0 Å². The van der Waals surface area contributed by atoms with E-state index in [1.807, 2.05) is 31.2 Å². The van der Waals surface area contributed by atoms with E-state index in [1.165, 1.54) is 36.0 Å². The molecule has 0 aromatic heterocycles. The van der Waals surface area contributed by atoms with Crippen LogP contribution in [0.4, 0.5) is 5.69 Å². The fourth-order valence-corrected chi connectivity index (χ4v) is 2.48. The van der Waals surface area contributed by atoms with Gasteiger partial charge in [0.15, 0.2) is 0 Å². The van der Waals surface area contributed by atoms with E-state index in [0.29, 0.717) is 5.78 Å². The molecule has 2 aromatic carbocycles. The van der Waals surface area contributed by atoms with Crippen molar-refractivity contribution in [3.05, 3.63) is 65.2 Å². The van der Waals surface area contributed by atoms with E-state index in [4.69, 9.17) is 5.73 Å². The summed E-state index contributed by atoms with van der Waals surface area (Å²) in [6.07, 6.45) is 5.76. The third-order valence-electron chi connectivity index (χ3n) is 4.52. The quantitative estimate of drug-likeness (QED) is 0.561. The summed E-state index contributed by atoms with van der Waals surface area (Å²) in [6.45, 7) is 12.2. The first kappa shape index (κ1) is 24.9. The highest BCUT2D eigenvalue weighted by Gasteiger charge is 2.04. The molecular weight excluding hydrogens is 330 g/mol. The zero-order chi connectivity index (χ0) is 20.7. The Labute approximate surface area is 167 Å². The Morgan fingerprint density at radius 1 is 1.00 bits per heavy atom. The number of hydrogen-bond donors (Lipinski definition) is 1. The van der Waals surface area contributed by atoms with Crippen LogP contribution in [-0.4, -0.2) is 5.78 Å². The number of hydrogen-bond acceptors (Lipinski definition) is 2. The van der Waals surface area contributed by atoms with Crippen molar-refractivity contribution in [3.63, 3.8) is 0 Å². The minimum Gasteiger partial charge on any atom is -0.399 e. The summed E-state index contributed by atoms with van der Waals surface area (Å²) >= 11 is 0. The van der Waals surface area contributed by atoms with Crippen LogP contribution in [0, 0.1) is 19.8 Å². The van der Waals surface area contributed by atoms with Gasteiger partial charge in [0.25, 0.3) is 0 Å². The van der Waals surface area contributed by atoms with Crippen molar-refractivity contribution in [2.24, 2.45) is 5.92 Å². The third-order valence-corrected chi connectivity index (χ3v) is 4.52. The number of unbranched alkanes of at least 4 members (excludes halogenated alkanes) is 1. The van der Waals surface area contributed by atoms with E-state index in [1.54, 1.807) is 6.92 Å². The molecule has 2 heteroatoms. The average Bonchev–Trinajstić information content (AvgIpc) is 2.64. The molecule has 2 nitrogen and oxygen atoms in total. The van der Waals surface area contributed by atoms with E-state index in [0.717, 1.165) is 18.5 Å². The maximum absolute atomic E-state index is 10.6. The van der Waals surface area contributed by atoms with Crippen molar-refractivity contribution < 1.29 is 4.79 Å². The van der Waals surface area contributed by atoms with Gasteiger partial charge >= 0.3 is 0 Å². The van der Waals surface area contributed by atoms with Crippen LogP contribution >= 0.6 is 0 Å². The first-order valence-corrected chi connectivity index (χ1v) is 10.2. The van der Waals surface area contributed by atoms with E-state index < -0.39 is 0 Å². The van der Waals surface area contributed by atoms with Crippen molar-refractivity contribution in [1.29, 1.82) is 0 Å². The molecule has 0 aliphatic carbocycles. The van der Waals surface area contributed by atoms with Crippen LogP contribution in [0.5, 0.6) is 0 Å². The van der Waals surface area contributed by atoms with Gasteiger partial charge in [-0.25, -0.2) is 0 Å². The monoisotopic (exact) mass is 369 g/mol. The molecule has 2 N–H and O–H groups in total. The number of carbonyl (C=O) groups excluding carboxylic acids is 1. The van der Waals surface area contributed by atoms with E-state index >= 15 is 0 Å². The zero-order valence-electron chi connectivity index (χ0n) is 18.2. The molecule has 150 valence electrons. The zero-order valence-corrected chi connectivity index (χ0v) is 18.2. The van der Waals surface area contributed by atoms with Gasteiger partial charge in [0.05, 0.1) is 0 Å². The second-order valence-corrected chi connectivity index (χ2v) is 7.24. The molecule has 1 atom stereocenters. The molecule has 0 bridgehead atoms. The number of benzene rings is 2. The lowest BCUT2D eigenvalue weighted by molar-refractivity contribution is -0.120. The molecule has 0 aliphatic rings. The molecule has 0 saturated heterocycles. The summed E-state index contributed by atoms with van der Waals surface area (Å²) in [7, 11) is 0. The highest BCUT2D eigenvalue weighted by Crippen LogP contribution is 2.13. The van der Waals surface area contributed by atoms with E-state index in [-0.39, 0.29) is 5.92 Å². The van der Waals surface area contributed by atoms with Gasteiger partial charge in [0.2, 0.25) is 0 Å². The van der Waals surface area contributed by atoms with Crippen LogP contribution in [0.1, 0.15) is 70.1 Å². The van der Waals surface area contributed by atoms with Crippen LogP contribution in [-0.2, 0) is 11.2 Å². The van der Waals surface area contributed by atoms with Crippen molar-refractivity contribution in [2.45, 2.75) is 73.6 Å². The summed E-state index contributed by atoms with van der Waals surface area (Å²) in [5.41, 5.74) is 10.6. The minimum absolute atomic E-state index is 0.282. The van der Waals surface area contributed by atoms with Crippen molar-refractivity contribution in [1.82, 2.24) is 0 Å². The molecule has 0 fully saturated rings. The molecule has 2 rings (SSSR count). The van der Waals surface area contributed by atoms with Crippen molar-refractivity contribution in [3.8, 4) is 0 Å². The first-order valence-electron chi connectivity index (χ1n) is 10.2. The lowest BCUT2D eigenvalue weighted by Crippen LogP contribution is -2.05. The Morgan fingerprint density at radius 2 is 1.63 bits per heavy atom. The van der Waals surface area contributed by atoms with Crippen LogP contribution in [0.25, 0.3) is 0 Å². The molecular formula is C25H39NO. The number of anilines is 1. The summed E-state index contributed by atoms with van der Waals surface area (Å²) < 4.78 is 0. The lowest BCUT2D eigenvalue weighted by Gasteiger charge is -2.04. The van der Waals surface area contributed by atoms with Crippen LogP contribution in [0.3, 0.4) is 0 Å². The number of nitrogen functional groups attached to an aromatic ring is 1. The van der Waals surface area contributed by atoms with Gasteiger partial charge in [0, 0.05) is 11.6 Å². The maximum atomic E-state index is 10.6. The molecule has 0 radical (unpaired) electrons. The number of Topliss-reactive ketones (excluding diaryl/α,β-unsaturated/α-hetero) is 1. The highest BCUT2D eigenvalue weighted by molar-refractivity contribution is 5.77. The van der Waals surface area contributed by atoms with Gasteiger partial charge in [0.1, 0.15) is 5.78 Å². The molecule has 2 aromatic rings. The summed E-state index contributed by atoms with van der Waals surface area (Å²) in [5.74, 6) is 0.605. The Balaban J connectivity index is 0.000000385. The molecule has 27 heavy (non-hydrogen) atoms. The lowest BCUT2D eigenvalue weighted by atomic mass is 10.0. The number of nitrogens with two attached hydrogens (primary N) is 1. The second-order valence-electron chi connectivity index (χ2n) is 7.24. The molecule has 0 aliphatic heterocycles. The Kier molecular flexibility index (Phi) is 13.9. The topological polar surface area (TPSA) is 43.1 Å². The normalized spacial score (nSPS) is 10.7. The molecule has 0 saturated carbocycles. The summed E-state index contributed by atoms with van der Waals surface area (Å²) in [6, 6.07) is 16.4. The smallest absolute Gasteiger partial charge is 0.132 e. The van der Waals surface area contributed by atoms with Gasteiger partial charge in [-0.2, -0.15) is 0 Å². The summed E-state index contributed by atoms with van der Waals surface area (Å²) in [5, 5.41) is 0. The average molecular weight is 370 g/mol. The highest BCUT2D eigenvalue weighted by atomic mass is 16.1. The van der Waals surface area contributed by atoms with Crippen molar-refractivity contribution in [2.75, 3.05) is 5.73 Å². The van der Waals surface area contributed by atoms with Gasteiger partial charge < -0.3 is 5.73 Å². The fraction of sp³-hybridized carbons (Fsp3) is 0.480. The maximum Gasteiger partial charge on any atom is 0.132 e. The van der Waals surface area contributed by atoms with Gasteiger partial charge in [-0.05, 0) is 56.9 Å². The number of ketones is 1. The minimum atomic E-state index is 0.282. The Hall–Kier alpha value is -2.09. The first-order chi connectivity index (χ1) is 12.8. The SMILES string of the molecule is CCCCC(C)C(C)=O.CCCc1cc(N)ccc1C.Cc1ccccc1. The number of carbonyl (C=O) groups is 1. The van der Waals surface area contributed by atoms with Crippen LogP contribution < -0.4 is 5.73 Å². The summed E-state index contributed by atoms with van der Waals surface area (Å²) in [4.78, 5) is 10.6. The van der Waals surface area contributed by atoms with Crippen LogP contribution in [0.2, 0.25) is 0 Å². The van der Waals surface area contributed by atoms with E-state index in [2.05, 4.69) is 52.0 Å². The van der Waals surface area contributed by atoms with Crippen molar-refractivity contribution >= 4 is 11.5 Å². The number of rotatable bonds is 6. The molecule has 0 spiro atoms. The Bertz CT molecular complexity index is 634. The predicted octanol–water partition coefficient (Wildman–Crippen LogP) is 6.93. The molecule has 0 heterocycles. The van der Waals surface area contributed by atoms with Gasteiger partial charge in [-0.3, -0.25) is 4.79 Å². The van der Waals surface area contributed by atoms with E-state index in [9.17, 15) is 4.79 Å². The fourth-order valence-electron chi connectivity index (χ4n) is 2.48. The standard InChI is InChI=1S/C10H15N.C8H16O.C7H8/c1-3-4-9-7-10(11)6-5-8(9)2;1-4-5-6-7(2)8(3)9;1-7-5-3-2-4-6-7/h5-7H,3-4,11H2,1-2H3;7H,4-6H2,1-3H3;2-6H,1H3. The largest absolute Gasteiger partial charge is 0.399 e. The molecule has 1 unspecified atom stereocenters. The van der Waals surface area contributed by atoms with Gasteiger partial charge in [-0.1, -0.05) is 82.0 Å². The van der Waals surface area contributed by atoms with Crippen LogP contribution in [0.15, 0.2) is 48.5 Å². The number of aryl methyl sites for hydroxylation is 3. The predicted molar refractivity (Wildman–Crippen MR) is 120 cm³/mol. The molecule has 0 amide bonds.